The number of benzene rings is 1. The van der Waals surface area contributed by atoms with E-state index in [2.05, 4.69) is 32.3 Å². The Labute approximate surface area is 174 Å². The predicted molar refractivity (Wildman–Crippen MR) is 109 cm³/mol. The summed E-state index contributed by atoms with van der Waals surface area (Å²) in [7, 11) is 2.09. The van der Waals surface area contributed by atoms with Gasteiger partial charge in [0.25, 0.3) is 5.91 Å². The molecule has 2 saturated heterocycles. The predicted octanol–water partition coefficient (Wildman–Crippen LogP) is 2.86. The molecule has 2 aromatic heterocycles. The Bertz CT molecular complexity index is 1080. The normalized spacial score (nSPS) is 23.1. The minimum Gasteiger partial charge on any atom is -0.419 e. The number of H-pyrrole nitrogens is 1. The fourth-order valence-corrected chi connectivity index (χ4v) is 4.96. The molecule has 1 amide bonds. The number of carbonyl (C=O) groups excluding carboxylic acids is 1. The quantitative estimate of drug-likeness (QED) is 0.719. The zero-order valence-electron chi connectivity index (χ0n) is 16.9. The summed E-state index contributed by atoms with van der Waals surface area (Å²) in [5.74, 6) is 1.80. The summed E-state index contributed by atoms with van der Waals surface area (Å²) in [5.41, 5.74) is 2.65. The number of aromatic nitrogens is 4. The molecule has 4 heterocycles. The lowest BCUT2D eigenvalue weighted by Crippen LogP contribution is -2.59. The molecular weight excluding hydrogens is 380 g/mol. The number of nitrogens with zero attached hydrogens (tertiary/aromatic N) is 5. The van der Waals surface area contributed by atoms with Crippen molar-refractivity contribution in [1.29, 1.82) is 0 Å². The smallest absolute Gasteiger partial charge is 0.274 e. The maximum Gasteiger partial charge on any atom is 0.274 e. The average Bonchev–Trinajstić information content (AvgIpc) is 3.16. The first-order valence-corrected chi connectivity index (χ1v) is 10.5. The van der Waals surface area contributed by atoms with Crippen LogP contribution in [-0.2, 0) is 0 Å². The third kappa shape index (κ3) is 2.94. The molecule has 154 valence electrons. The van der Waals surface area contributed by atoms with Gasteiger partial charge in [0.15, 0.2) is 0 Å². The van der Waals surface area contributed by atoms with Gasteiger partial charge in [0.1, 0.15) is 5.69 Å². The summed E-state index contributed by atoms with van der Waals surface area (Å²) in [6.45, 7) is 2.41. The molecule has 0 bridgehead atoms. The Morgan fingerprint density at radius 3 is 2.73 bits per heavy atom. The molecule has 1 saturated carbocycles. The molecule has 3 fully saturated rings. The van der Waals surface area contributed by atoms with Crippen LogP contribution in [-0.4, -0.2) is 62.8 Å². The summed E-state index contributed by atoms with van der Waals surface area (Å²) < 4.78 is 6.00. The van der Waals surface area contributed by atoms with Crippen LogP contribution >= 0.6 is 0 Å². The number of hydrogen-bond acceptors (Lipinski definition) is 6. The molecule has 1 aliphatic carbocycles. The van der Waals surface area contributed by atoms with Crippen molar-refractivity contribution in [1.82, 2.24) is 30.2 Å². The minimum atomic E-state index is 0.0269. The van der Waals surface area contributed by atoms with Crippen molar-refractivity contribution < 1.29 is 9.21 Å². The largest absolute Gasteiger partial charge is 0.419 e. The van der Waals surface area contributed by atoms with E-state index in [4.69, 9.17) is 4.42 Å². The number of nitrogens with one attached hydrogen (secondary N) is 1. The van der Waals surface area contributed by atoms with Crippen molar-refractivity contribution in [3.05, 3.63) is 53.7 Å². The highest BCUT2D eigenvalue weighted by Crippen LogP contribution is 2.48. The summed E-state index contributed by atoms with van der Waals surface area (Å²) in [6.07, 6.45) is 3.30. The molecule has 8 heteroatoms. The third-order valence-electron chi connectivity index (χ3n) is 6.66. The van der Waals surface area contributed by atoms with Gasteiger partial charge in [-0.25, -0.2) is 0 Å². The van der Waals surface area contributed by atoms with Crippen molar-refractivity contribution in [2.24, 2.45) is 5.41 Å². The lowest BCUT2D eigenvalue weighted by Gasteiger charge is -2.47. The van der Waals surface area contributed by atoms with Crippen molar-refractivity contribution in [2.45, 2.75) is 31.2 Å². The highest BCUT2D eigenvalue weighted by molar-refractivity contribution is 5.93. The molecule has 2 aliphatic heterocycles. The standard InChI is InChI=1S/C22H24N6O2/c1-27-11-22(10-18(27)20-26-25-19(30-20)15-5-3-2-4-6-15)12-28(13-22)21(29)17-9-16(23-24-17)14-7-8-14/h2-6,9,14,18H,7-8,10-13H2,1H3,(H,23,24). The van der Waals surface area contributed by atoms with Crippen LogP contribution in [0.15, 0.2) is 40.8 Å². The minimum absolute atomic E-state index is 0.0269. The highest BCUT2D eigenvalue weighted by Gasteiger charge is 2.53. The van der Waals surface area contributed by atoms with E-state index in [0.29, 0.717) is 23.4 Å². The fraction of sp³-hybridized carbons (Fsp3) is 0.455. The van der Waals surface area contributed by atoms with Crippen LogP contribution < -0.4 is 0 Å². The molecule has 3 aromatic rings. The summed E-state index contributed by atoms with van der Waals surface area (Å²) in [6, 6.07) is 11.8. The Morgan fingerprint density at radius 1 is 1.17 bits per heavy atom. The van der Waals surface area contributed by atoms with Crippen molar-refractivity contribution in [2.75, 3.05) is 26.7 Å². The summed E-state index contributed by atoms with van der Waals surface area (Å²) in [4.78, 5) is 17.0. The molecule has 1 unspecified atom stereocenters. The number of amides is 1. The van der Waals surface area contributed by atoms with E-state index in [0.717, 1.165) is 37.3 Å². The Hall–Kier alpha value is -3.00. The number of likely N-dealkylation sites (tertiary alicyclic amines) is 2. The molecule has 8 nitrogen and oxygen atoms in total. The van der Waals surface area contributed by atoms with E-state index in [9.17, 15) is 4.79 Å². The number of aromatic amines is 1. The van der Waals surface area contributed by atoms with E-state index in [1.165, 1.54) is 12.8 Å². The van der Waals surface area contributed by atoms with Crippen LogP contribution in [0.3, 0.4) is 0 Å². The topological polar surface area (TPSA) is 91.2 Å². The van der Waals surface area contributed by atoms with Crippen LogP contribution in [0.5, 0.6) is 0 Å². The van der Waals surface area contributed by atoms with Gasteiger partial charge < -0.3 is 9.32 Å². The fourth-order valence-electron chi connectivity index (χ4n) is 4.96. The number of rotatable bonds is 4. The van der Waals surface area contributed by atoms with Gasteiger partial charge in [-0.2, -0.15) is 5.10 Å². The second kappa shape index (κ2) is 6.50. The Kier molecular flexibility index (Phi) is 3.86. The maximum atomic E-state index is 12.8. The molecule has 1 atom stereocenters. The summed E-state index contributed by atoms with van der Waals surface area (Å²) in [5, 5.41) is 15.8. The van der Waals surface area contributed by atoms with Crippen molar-refractivity contribution >= 4 is 5.91 Å². The molecule has 0 radical (unpaired) electrons. The highest BCUT2D eigenvalue weighted by atomic mass is 16.4. The van der Waals surface area contributed by atoms with Gasteiger partial charge in [0.2, 0.25) is 11.8 Å². The van der Waals surface area contributed by atoms with E-state index >= 15 is 0 Å². The maximum absolute atomic E-state index is 12.8. The van der Waals surface area contributed by atoms with Crippen LogP contribution in [0, 0.1) is 5.41 Å². The van der Waals surface area contributed by atoms with Gasteiger partial charge in [-0.15, -0.1) is 10.2 Å². The van der Waals surface area contributed by atoms with Crippen LogP contribution in [0.25, 0.3) is 11.5 Å². The molecule has 1 aromatic carbocycles. The molecule has 6 rings (SSSR count). The van der Waals surface area contributed by atoms with Gasteiger partial charge in [0.05, 0.1) is 6.04 Å². The Morgan fingerprint density at radius 2 is 1.97 bits per heavy atom. The zero-order valence-corrected chi connectivity index (χ0v) is 16.9. The molecule has 30 heavy (non-hydrogen) atoms. The molecule has 3 aliphatic rings. The molecule has 1 spiro atoms. The van der Waals surface area contributed by atoms with Crippen molar-refractivity contribution in [3.63, 3.8) is 0 Å². The second-order valence-electron chi connectivity index (χ2n) is 9.09. The SMILES string of the molecule is CN1CC2(CC1c1nnc(-c3ccccc3)o1)CN(C(=O)c1cc(C3CC3)[nH]n1)C2. The van der Waals surface area contributed by atoms with Crippen LogP contribution in [0.4, 0.5) is 0 Å². The van der Waals surface area contributed by atoms with Gasteiger partial charge in [0, 0.05) is 42.2 Å². The average molecular weight is 404 g/mol. The van der Waals surface area contributed by atoms with E-state index in [-0.39, 0.29) is 17.4 Å². The van der Waals surface area contributed by atoms with E-state index in [1.807, 2.05) is 41.3 Å². The Balaban J connectivity index is 1.13. The van der Waals surface area contributed by atoms with Gasteiger partial charge >= 0.3 is 0 Å². The second-order valence-corrected chi connectivity index (χ2v) is 9.09. The monoisotopic (exact) mass is 404 g/mol. The molecular formula is C22H24N6O2. The molecule has 1 N–H and O–H groups in total. The van der Waals surface area contributed by atoms with Gasteiger partial charge in [-0.1, -0.05) is 18.2 Å². The number of hydrogen-bond donors (Lipinski definition) is 1. The zero-order chi connectivity index (χ0) is 20.3. The first-order chi connectivity index (χ1) is 14.6. The first-order valence-electron chi connectivity index (χ1n) is 10.5. The van der Waals surface area contributed by atoms with Gasteiger partial charge in [-0.05, 0) is 44.5 Å². The lowest BCUT2D eigenvalue weighted by atomic mass is 9.77. The van der Waals surface area contributed by atoms with Crippen molar-refractivity contribution in [3.8, 4) is 11.5 Å². The van der Waals surface area contributed by atoms with E-state index < -0.39 is 0 Å². The first kappa shape index (κ1) is 17.8. The van der Waals surface area contributed by atoms with Gasteiger partial charge in [-0.3, -0.25) is 14.8 Å². The van der Waals surface area contributed by atoms with Crippen LogP contribution in [0.1, 0.15) is 53.3 Å². The summed E-state index contributed by atoms with van der Waals surface area (Å²) >= 11 is 0. The number of carbonyl (C=O) groups is 1. The third-order valence-corrected chi connectivity index (χ3v) is 6.66. The lowest BCUT2D eigenvalue weighted by molar-refractivity contribution is 0.0110. The van der Waals surface area contributed by atoms with E-state index in [1.54, 1.807) is 0 Å². The van der Waals surface area contributed by atoms with Crippen LogP contribution in [0.2, 0.25) is 0 Å².